The summed E-state index contributed by atoms with van der Waals surface area (Å²) in [5.41, 5.74) is 2.41. The Labute approximate surface area is 191 Å². The zero-order chi connectivity index (χ0) is 22.4. The molecule has 0 amide bonds. The van der Waals surface area contributed by atoms with Crippen molar-refractivity contribution >= 4 is 39.9 Å². The van der Waals surface area contributed by atoms with E-state index in [1.807, 2.05) is 6.07 Å². The lowest BCUT2D eigenvalue weighted by Crippen LogP contribution is -2.00. The van der Waals surface area contributed by atoms with Gasteiger partial charge < -0.3 is 9.47 Å². The van der Waals surface area contributed by atoms with Crippen molar-refractivity contribution in [2.45, 2.75) is 6.61 Å². The number of ether oxygens (including phenoxy) is 2. The van der Waals surface area contributed by atoms with E-state index < -0.39 is 4.92 Å². The number of hydrogen-bond acceptors (Lipinski definition) is 5. The number of nitro groups is 1. The van der Waals surface area contributed by atoms with Crippen molar-refractivity contribution in [1.29, 1.82) is 5.26 Å². The molecule has 0 saturated heterocycles. The van der Waals surface area contributed by atoms with Crippen LogP contribution in [0.4, 0.5) is 10.1 Å². The smallest absolute Gasteiger partial charge is 0.269 e. The van der Waals surface area contributed by atoms with Crippen LogP contribution >= 0.6 is 22.6 Å². The first kappa shape index (κ1) is 22.2. The highest BCUT2D eigenvalue weighted by Crippen LogP contribution is 2.35. The summed E-state index contributed by atoms with van der Waals surface area (Å²) in [4.78, 5) is 10.3. The third kappa shape index (κ3) is 5.58. The van der Waals surface area contributed by atoms with E-state index >= 15 is 0 Å². The number of halogens is 2. The maximum absolute atomic E-state index is 13.1. The van der Waals surface area contributed by atoms with Crippen molar-refractivity contribution < 1.29 is 18.8 Å². The Kier molecular flexibility index (Phi) is 7.20. The van der Waals surface area contributed by atoms with Crippen LogP contribution in [0.3, 0.4) is 0 Å². The number of allylic oxidation sites excluding steroid dienone is 1. The molecule has 0 radical (unpaired) electrons. The fourth-order valence-corrected chi connectivity index (χ4v) is 3.59. The van der Waals surface area contributed by atoms with Gasteiger partial charge in [-0.15, -0.1) is 0 Å². The Morgan fingerprint density at radius 3 is 2.45 bits per heavy atom. The number of benzene rings is 3. The minimum atomic E-state index is -0.489. The molecular weight excluding hydrogens is 514 g/mol. The number of nitrogens with zero attached hydrogens (tertiary/aromatic N) is 2. The summed E-state index contributed by atoms with van der Waals surface area (Å²) < 4.78 is 25.2. The second kappa shape index (κ2) is 10.0. The van der Waals surface area contributed by atoms with Gasteiger partial charge in [0.05, 0.1) is 27.2 Å². The third-order valence-corrected chi connectivity index (χ3v) is 5.17. The van der Waals surface area contributed by atoms with Crippen molar-refractivity contribution in [1.82, 2.24) is 0 Å². The van der Waals surface area contributed by atoms with Crippen molar-refractivity contribution in [3.05, 3.63) is 96.9 Å². The number of methoxy groups -OCH3 is 1. The summed E-state index contributed by atoms with van der Waals surface area (Å²) in [6, 6.07) is 17.5. The maximum atomic E-state index is 13.1. The highest BCUT2D eigenvalue weighted by molar-refractivity contribution is 14.1. The van der Waals surface area contributed by atoms with Crippen molar-refractivity contribution in [2.75, 3.05) is 7.11 Å². The lowest BCUT2D eigenvalue weighted by Gasteiger charge is -2.14. The summed E-state index contributed by atoms with van der Waals surface area (Å²) in [5.74, 6) is 0.716. The van der Waals surface area contributed by atoms with Crippen LogP contribution in [0.2, 0.25) is 0 Å². The predicted octanol–water partition coefficient (Wildman–Crippen LogP) is 5.99. The number of nitriles is 1. The highest BCUT2D eigenvalue weighted by Gasteiger charge is 2.13. The largest absolute Gasteiger partial charge is 0.493 e. The Bertz CT molecular complexity index is 1170. The molecule has 3 rings (SSSR count). The first-order chi connectivity index (χ1) is 14.9. The van der Waals surface area contributed by atoms with E-state index in [0.717, 1.165) is 9.13 Å². The van der Waals surface area contributed by atoms with E-state index in [2.05, 4.69) is 28.7 Å². The highest BCUT2D eigenvalue weighted by atomic mass is 127. The molecule has 3 aromatic carbocycles. The first-order valence-electron chi connectivity index (χ1n) is 9.02. The fraction of sp³-hybridized carbons (Fsp3) is 0.0870. The molecule has 0 unspecified atom stereocenters. The van der Waals surface area contributed by atoms with Crippen LogP contribution in [0, 0.1) is 30.8 Å². The molecule has 0 heterocycles. The monoisotopic (exact) mass is 530 g/mol. The van der Waals surface area contributed by atoms with Gasteiger partial charge in [-0.25, -0.2) is 4.39 Å². The Morgan fingerprint density at radius 1 is 1.19 bits per heavy atom. The molecule has 0 aliphatic heterocycles. The molecule has 8 heteroatoms. The quantitative estimate of drug-likeness (QED) is 0.123. The SMILES string of the molecule is COc1cc(/C=C(/C#N)c2ccc([N+](=O)[O-])cc2)cc(I)c1OCc1ccc(F)cc1. The Hall–Kier alpha value is -3.45. The second-order valence-electron chi connectivity index (χ2n) is 6.42. The van der Waals surface area contributed by atoms with Gasteiger partial charge in [-0.3, -0.25) is 10.1 Å². The number of rotatable bonds is 7. The van der Waals surface area contributed by atoms with Gasteiger partial charge in [0.2, 0.25) is 0 Å². The second-order valence-corrected chi connectivity index (χ2v) is 7.59. The molecule has 0 bridgehead atoms. The van der Waals surface area contributed by atoms with Gasteiger partial charge in [0.25, 0.3) is 5.69 Å². The summed E-state index contributed by atoms with van der Waals surface area (Å²) in [7, 11) is 1.52. The standard InChI is InChI=1S/C23H16FIN2O4/c1-30-22-12-16(10-18(13-26)17-4-8-20(9-5-17)27(28)29)11-21(25)23(22)31-14-15-2-6-19(24)7-3-15/h2-12H,14H2,1H3/b18-10-. The van der Waals surface area contributed by atoms with Crippen LogP contribution in [0.25, 0.3) is 11.6 Å². The molecule has 6 nitrogen and oxygen atoms in total. The average Bonchev–Trinajstić information content (AvgIpc) is 2.77. The van der Waals surface area contributed by atoms with Gasteiger partial charge in [-0.1, -0.05) is 12.1 Å². The molecule has 0 fully saturated rings. The van der Waals surface area contributed by atoms with E-state index in [9.17, 15) is 19.8 Å². The zero-order valence-corrected chi connectivity index (χ0v) is 18.5. The zero-order valence-electron chi connectivity index (χ0n) is 16.3. The minimum absolute atomic E-state index is 0.0417. The molecule has 0 saturated carbocycles. The van der Waals surface area contributed by atoms with E-state index in [1.165, 1.54) is 43.5 Å². The third-order valence-electron chi connectivity index (χ3n) is 4.37. The van der Waals surface area contributed by atoms with Crippen LogP contribution in [0.15, 0.2) is 60.7 Å². The topological polar surface area (TPSA) is 85.4 Å². The van der Waals surface area contributed by atoms with Crippen LogP contribution in [0.5, 0.6) is 11.5 Å². The molecule has 0 aliphatic rings. The minimum Gasteiger partial charge on any atom is -0.493 e. The molecule has 0 aliphatic carbocycles. The van der Waals surface area contributed by atoms with E-state index in [-0.39, 0.29) is 18.1 Å². The van der Waals surface area contributed by atoms with E-state index in [1.54, 1.807) is 24.3 Å². The van der Waals surface area contributed by atoms with Gasteiger partial charge >= 0.3 is 0 Å². The van der Waals surface area contributed by atoms with Crippen LogP contribution < -0.4 is 9.47 Å². The number of hydrogen-bond donors (Lipinski definition) is 0. The molecule has 0 aromatic heterocycles. The number of non-ortho nitro benzene ring substituents is 1. The van der Waals surface area contributed by atoms with Crippen LogP contribution in [-0.4, -0.2) is 12.0 Å². The van der Waals surface area contributed by atoms with Gasteiger partial charge in [-0.2, -0.15) is 5.26 Å². The van der Waals surface area contributed by atoms with Crippen LogP contribution in [-0.2, 0) is 6.61 Å². The molecule has 0 N–H and O–H groups in total. The molecule has 0 atom stereocenters. The molecule has 0 spiro atoms. The van der Waals surface area contributed by atoms with E-state index in [0.29, 0.717) is 28.2 Å². The molecule has 3 aromatic rings. The van der Waals surface area contributed by atoms with Gasteiger partial charge in [-0.05, 0) is 81.8 Å². The fourth-order valence-electron chi connectivity index (χ4n) is 2.81. The lowest BCUT2D eigenvalue weighted by atomic mass is 10.0. The van der Waals surface area contributed by atoms with Crippen molar-refractivity contribution in [2.24, 2.45) is 0 Å². The summed E-state index contributed by atoms with van der Waals surface area (Å²) in [6.45, 7) is 0.244. The predicted molar refractivity (Wildman–Crippen MR) is 123 cm³/mol. The van der Waals surface area contributed by atoms with Gasteiger partial charge in [0.15, 0.2) is 11.5 Å². The summed E-state index contributed by atoms with van der Waals surface area (Å²) >= 11 is 2.12. The Morgan fingerprint density at radius 2 is 1.87 bits per heavy atom. The van der Waals surface area contributed by atoms with E-state index in [4.69, 9.17) is 9.47 Å². The maximum Gasteiger partial charge on any atom is 0.269 e. The summed E-state index contributed by atoms with van der Waals surface area (Å²) in [5, 5.41) is 20.4. The molecular formula is C23H16FIN2O4. The van der Waals surface area contributed by atoms with Gasteiger partial charge in [0, 0.05) is 12.1 Å². The molecule has 156 valence electrons. The number of nitro benzene ring substituents is 1. The van der Waals surface area contributed by atoms with Crippen molar-refractivity contribution in [3.8, 4) is 17.6 Å². The molecule has 31 heavy (non-hydrogen) atoms. The first-order valence-corrected chi connectivity index (χ1v) is 10.1. The van der Waals surface area contributed by atoms with Crippen molar-refractivity contribution in [3.63, 3.8) is 0 Å². The summed E-state index contributed by atoms with van der Waals surface area (Å²) in [6.07, 6.45) is 1.68. The van der Waals surface area contributed by atoms with Gasteiger partial charge in [0.1, 0.15) is 12.4 Å². The average molecular weight is 530 g/mol. The normalized spacial score (nSPS) is 11.0. The van der Waals surface area contributed by atoms with Crippen LogP contribution in [0.1, 0.15) is 16.7 Å². The lowest BCUT2D eigenvalue weighted by molar-refractivity contribution is -0.384. The Balaban J connectivity index is 1.87.